The smallest absolute Gasteiger partial charge is 0.208 e. The van der Waals surface area contributed by atoms with E-state index in [1.165, 1.54) is 38.5 Å². The summed E-state index contributed by atoms with van der Waals surface area (Å²) in [6.45, 7) is 5.30. The lowest BCUT2D eigenvalue weighted by atomic mass is 9.78. The van der Waals surface area contributed by atoms with Crippen LogP contribution in [-0.2, 0) is 0 Å². The zero-order chi connectivity index (χ0) is 12.3. The van der Waals surface area contributed by atoms with Crippen LogP contribution in [-0.4, -0.2) is 29.5 Å². The molecule has 2 fully saturated rings. The maximum atomic E-state index is 5.65. The number of nitrogens with one attached hydrogen (secondary N) is 1. The summed E-state index contributed by atoms with van der Waals surface area (Å²) in [7, 11) is 0. The van der Waals surface area contributed by atoms with E-state index in [2.05, 4.69) is 29.2 Å². The van der Waals surface area contributed by atoms with E-state index in [0.717, 1.165) is 18.4 Å². The molecule has 4 heteroatoms. The summed E-state index contributed by atoms with van der Waals surface area (Å²) in [6.07, 6.45) is 8.13. The molecule has 2 atom stereocenters. The van der Waals surface area contributed by atoms with Gasteiger partial charge in [0.05, 0.1) is 0 Å². The van der Waals surface area contributed by atoms with E-state index in [4.69, 9.17) is 5.84 Å². The summed E-state index contributed by atoms with van der Waals surface area (Å²) >= 11 is 0. The van der Waals surface area contributed by atoms with Gasteiger partial charge >= 0.3 is 0 Å². The summed E-state index contributed by atoms with van der Waals surface area (Å²) < 4.78 is 0. The molecule has 0 radical (unpaired) electrons. The fraction of sp³-hybridized carbons (Fsp3) is 0.923. The van der Waals surface area contributed by atoms with Gasteiger partial charge in [0, 0.05) is 18.6 Å². The van der Waals surface area contributed by atoms with Crippen LogP contribution in [0.25, 0.3) is 0 Å². The Morgan fingerprint density at radius 2 is 1.94 bits per heavy atom. The Hall–Kier alpha value is -0.770. The van der Waals surface area contributed by atoms with Crippen molar-refractivity contribution in [1.82, 2.24) is 10.3 Å². The van der Waals surface area contributed by atoms with Gasteiger partial charge in [-0.3, -0.25) is 5.43 Å². The van der Waals surface area contributed by atoms with Crippen molar-refractivity contribution in [2.45, 2.75) is 64.5 Å². The van der Waals surface area contributed by atoms with E-state index in [1.807, 2.05) is 0 Å². The summed E-state index contributed by atoms with van der Waals surface area (Å²) in [4.78, 5) is 7.04. The van der Waals surface area contributed by atoms with Crippen LogP contribution < -0.4 is 11.3 Å². The highest BCUT2D eigenvalue weighted by atomic mass is 15.4. The van der Waals surface area contributed by atoms with Crippen LogP contribution >= 0.6 is 0 Å². The molecule has 1 aliphatic carbocycles. The molecule has 0 aromatic rings. The summed E-state index contributed by atoms with van der Waals surface area (Å²) in [5, 5.41) is 0. The average molecular weight is 238 g/mol. The van der Waals surface area contributed by atoms with Crippen molar-refractivity contribution in [3.05, 3.63) is 0 Å². The van der Waals surface area contributed by atoms with Gasteiger partial charge in [-0.15, -0.1) is 0 Å². The standard InChI is InChI=1S/C13H26N4/c1-10(2)15-13(16-14)17-9-5-7-11-6-3-4-8-12(11)17/h10-12H,3-9,14H2,1-2H3,(H,15,16). The van der Waals surface area contributed by atoms with Gasteiger partial charge in [0.1, 0.15) is 0 Å². The first-order valence-corrected chi connectivity index (χ1v) is 7.03. The second-order valence-electron chi connectivity index (χ2n) is 5.64. The Morgan fingerprint density at radius 3 is 2.65 bits per heavy atom. The molecule has 0 aromatic carbocycles. The number of aliphatic imine (C=N–C) groups is 1. The van der Waals surface area contributed by atoms with Gasteiger partial charge < -0.3 is 4.90 Å². The molecule has 0 amide bonds. The Morgan fingerprint density at radius 1 is 1.24 bits per heavy atom. The number of guanidine groups is 1. The van der Waals surface area contributed by atoms with Crippen LogP contribution in [0, 0.1) is 5.92 Å². The van der Waals surface area contributed by atoms with Crippen molar-refractivity contribution in [2.75, 3.05) is 6.54 Å². The van der Waals surface area contributed by atoms with E-state index in [9.17, 15) is 0 Å². The van der Waals surface area contributed by atoms with Gasteiger partial charge in [-0.1, -0.05) is 12.8 Å². The quantitative estimate of drug-likeness (QED) is 0.317. The van der Waals surface area contributed by atoms with Crippen LogP contribution in [0.5, 0.6) is 0 Å². The molecular formula is C13H26N4. The van der Waals surface area contributed by atoms with E-state index < -0.39 is 0 Å². The predicted molar refractivity (Wildman–Crippen MR) is 71.6 cm³/mol. The molecule has 2 rings (SSSR count). The molecule has 0 aromatic heterocycles. The monoisotopic (exact) mass is 238 g/mol. The Bertz CT molecular complexity index is 273. The van der Waals surface area contributed by atoms with E-state index in [1.54, 1.807) is 0 Å². The number of likely N-dealkylation sites (tertiary alicyclic amines) is 1. The van der Waals surface area contributed by atoms with Crippen molar-refractivity contribution < 1.29 is 0 Å². The first-order valence-electron chi connectivity index (χ1n) is 7.03. The van der Waals surface area contributed by atoms with Crippen molar-refractivity contribution in [3.63, 3.8) is 0 Å². The molecule has 1 saturated heterocycles. The number of fused-ring (bicyclic) bond motifs is 1. The average Bonchev–Trinajstić information content (AvgIpc) is 2.35. The minimum Gasteiger partial charge on any atom is -0.339 e. The van der Waals surface area contributed by atoms with Crippen LogP contribution in [0.4, 0.5) is 0 Å². The number of hydrazine groups is 1. The number of nitrogens with zero attached hydrogens (tertiary/aromatic N) is 2. The Balaban J connectivity index is 2.11. The van der Waals surface area contributed by atoms with E-state index in [-0.39, 0.29) is 0 Å². The molecule has 1 aliphatic heterocycles. The lowest BCUT2D eigenvalue weighted by Crippen LogP contribution is -2.55. The first-order chi connectivity index (χ1) is 8.22. The highest BCUT2D eigenvalue weighted by molar-refractivity contribution is 5.80. The SMILES string of the molecule is CC(C)N=C(NN)N1CCCC2CCCCC21. The Kier molecular flexibility index (Phi) is 4.26. The maximum Gasteiger partial charge on any atom is 0.208 e. The lowest BCUT2D eigenvalue weighted by Gasteiger charge is -2.45. The van der Waals surface area contributed by atoms with Gasteiger partial charge in [0.25, 0.3) is 0 Å². The minimum atomic E-state index is 0.296. The van der Waals surface area contributed by atoms with E-state index >= 15 is 0 Å². The third-order valence-electron chi connectivity index (χ3n) is 4.02. The number of rotatable bonds is 1. The molecule has 0 spiro atoms. The number of nitrogens with two attached hydrogens (primary N) is 1. The second kappa shape index (κ2) is 5.71. The van der Waals surface area contributed by atoms with Crippen LogP contribution in [0.1, 0.15) is 52.4 Å². The fourth-order valence-corrected chi connectivity index (χ4v) is 3.33. The van der Waals surface area contributed by atoms with E-state index in [0.29, 0.717) is 12.1 Å². The molecular weight excluding hydrogens is 212 g/mol. The largest absolute Gasteiger partial charge is 0.339 e. The molecule has 2 aliphatic rings. The lowest BCUT2D eigenvalue weighted by molar-refractivity contribution is 0.115. The van der Waals surface area contributed by atoms with Gasteiger partial charge in [-0.2, -0.15) is 0 Å². The fourth-order valence-electron chi connectivity index (χ4n) is 3.33. The third-order valence-corrected chi connectivity index (χ3v) is 4.02. The highest BCUT2D eigenvalue weighted by Crippen LogP contribution is 2.35. The number of piperidine rings is 1. The Labute approximate surface area is 105 Å². The second-order valence-corrected chi connectivity index (χ2v) is 5.64. The van der Waals surface area contributed by atoms with Crippen LogP contribution in [0.3, 0.4) is 0 Å². The van der Waals surface area contributed by atoms with Crippen molar-refractivity contribution in [1.29, 1.82) is 0 Å². The van der Waals surface area contributed by atoms with Gasteiger partial charge in [-0.05, 0) is 45.4 Å². The molecule has 4 nitrogen and oxygen atoms in total. The normalized spacial score (nSPS) is 30.4. The van der Waals surface area contributed by atoms with Crippen molar-refractivity contribution >= 4 is 5.96 Å². The molecule has 3 N–H and O–H groups in total. The van der Waals surface area contributed by atoms with Crippen LogP contribution in [0.15, 0.2) is 4.99 Å². The van der Waals surface area contributed by atoms with Gasteiger partial charge in [0.2, 0.25) is 5.96 Å². The molecule has 0 bridgehead atoms. The molecule has 17 heavy (non-hydrogen) atoms. The van der Waals surface area contributed by atoms with Crippen molar-refractivity contribution in [2.24, 2.45) is 16.8 Å². The zero-order valence-corrected chi connectivity index (χ0v) is 11.2. The molecule has 98 valence electrons. The third kappa shape index (κ3) is 2.92. The zero-order valence-electron chi connectivity index (χ0n) is 11.2. The summed E-state index contributed by atoms with van der Waals surface area (Å²) in [6, 6.07) is 0.969. The van der Waals surface area contributed by atoms with Crippen molar-refractivity contribution in [3.8, 4) is 0 Å². The highest BCUT2D eigenvalue weighted by Gasteiger charge is 2.34. The van der Waals surface area contributed by atoms with Crippen LogP contribution in [0.2, 0.25) is 0 Å². The van der Waals surface area contributed by atoms with Gasteiger partial charge in [-0.25, -0.2) is 10.8 Å². The topological polar surface area (TPSA) is 53.6 Å². The summed E-state index contributed by atoms with van der Waals surface area (Å²) in [5.74, 6) is 7.42. The molecule has 2 unspecified atom stereocenters. The predicted octanol–water partition coefficient (Wildman–Crippen LogP) is 1.87. The minimum absolute atomic E-state index is 0.296. The molecule has 1 saturated carbocycles. The molecule has 1 heterocycles. The number of hydrogen-bond acceptors (Lipinski definition) is 2. The summed E-state index contributed by atoms with van der Waals surface area (Å²) in [5.41, 5.74) is 2.81. The number of hydrogen-bond donors (Lipinski definition) is 2. The van der Waals surface area contributed by atoms with Gasteiger partial charge in [0.15, 0.2) is 0 Å². The maximum absolute atomic E-state index is 5.65. The first kappa shape index (κ1) is 12.7.